The lowest BCUT2D eigenvalue weighted by molar-refractivity contribution is -0.164. The van der Waals surface area contributed by atoms with Gasteiger partial charge in [0.25, 0.3) is 5.91 Å². The van der Waals surface area contributed by atoms with E-state index in [0.717, 1.165) is 72.4 Å². The molecule has 2 aromatic carbocycles. The number of carbonyl (C=O) groups is 3. The van der Waals surface area contributed by atoms with Gasteiger partial charge in [-0.05, 0) is 74.5 Å². The van der Waals surface area contributed by atoms with E-state index >= 15 is 0 Å². The molecule has 70 heavy (non-hydrogen) atoms. The zero-order valence-corrected chi connectivity index (χ0v) is 42.8. The molecular formula is C53H64ClN9O6S. The number of piperazine rings is 1. The van der Waals surface area contributed by atoms with Gasteiger partial charge in [0.05, 0.1) is 50.1 Å². The standard InChI is InChI=1S/C53H64ClN9O6S/c1-31(2)45(49(67)63-29-39(64)25-42(63)48(66)58-32(3)34-11-13-35(14-12-34)46-33(4)57-30-70-46)43-24-38(60-69-43)10-9-19-61-20-22-62(23-21-61)44-18-16-37(28-56-44)47(65)59-50-52(5,6)51(53(50,7)8)68-40-17-15-36(27-55)41(54)26-40/h11-18,24,26,28,30-32,39,42,45,50-51,64H,9-10,19-23,25,29H2,1-8H3,(H,58,66)(H,59,65)/t32-,39+,42-,45-,50-,51-/m0/s1. The number of thiazole rings is 1. The van der Waals surface area contributed by atoms with Gasteiger partial charge in [0.1, 0.15) is 41.5 Å². The molecule has 0 bridgehead atoms. The van der Waals surface area contributed by atoms with E-state index in [1.54, 1.807) is 35.7 Å². The number of rotatable bonds is 16. The molecule has 3 aromatic heterocycles. The molecule has 0 spiro atoms. The molecule has 15 nitrogen and oxygen atoms in total. The maximum absolute atomic E-state index is 14.3. The number of hydrogen-bond donors (Lipinski definition) is 3. The maximum atomic E-state index is 14.3. The Morgan fingerprint density at radius 1 is 1.00 bits per heavy atom. The van der Waals surface area contributed by atoms with Crippen LogP contribution in [0.2, 0.25) is 5.02 Å². The third-order valence-electron chi connectivity index (χ3n) is 14.5. The number of aliphatic hydroxyl groups is 1. The molecule has 2 saturated heterocycles. The predicted molar refractivity (Wildman–Crippen MR) is 270 cm³/mol. The third-order valence-corrected chi connectivity index (χ3v) is 15.8. The molecule has 3 fully saturated rings. The Morgan fingerprint density at radius 2 is 1.73 bits per heavy atom. The molecule has 5 aromatic rings. The number of amides is 3. The van der Waals surface area contributed by atoms with Gasteiger partial charge in [0.2, 0.25) is 11.8 Å². The predicted octanol–water partition coefficient (Wildman–Crippen LogP) is 7.97. The molecule has 8 rings (SSSR count). The first-order valence-corrected chi connectivity index (χ1v) is 25.5. The van der Waals surface area contributed by atoms with Crippen LogP contribution in [0.15, 0.2) is 76.9 Å². The van der Waals surface area contributed by atoms with Crippen LogP contribution in [0.5, 0.6) is 5.75 Å². The van der Waals surface area contributed by atoms with Gasteiger partial charge >= 0.3 is 0 Å². The van der Waals surface area contributed by atoms with Gasteiger partial charge in [0.15, 0.2) is 0 Å². The van der Waals surface area contributed by atoms with Crippen molar-refractivity contribution in [3.8, 4) is 22.3 Å². The van der Waals surface area contributed by atoms with Gasteiger partial charge in [-0.25, -0.2) is 9.97 Å². The van der Waals surface area contributed by atoms with Crippen LogP contribution in [0.1, 0.15) is 112 Å². The number of halogens is 1. The number of pyridine rings is 1. The first-order valence-electron chi connectivity index (χ1n) is 24.2. The number of aromatic nitrogens is 3. The maximum Gasteiger partial charge on any atom is 0.253 e. The first kappa shape index (κ1) is 50.5. The highest BCUT2D eigenvalue weighted by molar-refractivity contribution is 7.13. The second kappa shape index (κ2) is 20.8. The number of ether oxygens (including phenoxy) is 1. The normalized spacial score (nSPS) is 21.7. The second-order valence-electron chi connectivity index (χ2n) is 20.6. The largest absolute Gasteiger partial charge is 0.489 e. The Bertz CT molecular complexity index is 2690. The Hall–Kier alpha value is -5.86. The number of nitrogens with one attached hydrogen (secondary N) is 2. The number of benzene rings is 2. The SMILES string of the molecule is Cc1ncsc1-c1ccc([C@H](C)NC(=O)[C@@H]2C[C@@H](O)CN2C(=O)[C@H](c2cc(CCCN3CCN(c4ccc(C(=O)N[C@H]5C(C)(C)[C@H](Oc6ccc(C#N)c(Cl)c6)C5(C)C)cn4)CC3)no2)C(C)C)cc1. The van der Waals surface area contributed by atoms with Crippen LogP contribution in [-0.4, -0.2) is 111 Å². The van der Waals surface area contributed by atoms with Crippen molar-refractivity contribution < 1.29 is 28.8 Å². The zero-order valence-electron chi connectivity index (χ0n) is 41.2. The Balaban J connectivity index is 0.786. The summed E-state index contributed by atoms with van der Waals surface area (Å²) in [5.41, 5.74) is 5.70. The van der Waals surface area contributed by atoms with Crippen LogP contribution in [0.4, 0.5) is 5.82 Å². The summed E-state index contributed by atoms with van der Waals surface area (Å²) in [7, 11) is 0. The molecule has 5 heterocycles. The molecular weight excluding hydrogens is 926 g/mol. The van der Waals surface area contributed by atoms with Gasteiger partial charge in [-0.15, -0.1) is 11.3 Å². The van der Waals surface area contributed by atoms with Crippen LogP contribution in [0, 0.1) is 35.0 Å². The van der Waals surface area contributed by atoms with E-state index in [1.807, 2.05) is 75.7 Å². The van der Waals surface area contributed by atoms with Crippen molar-refractivity contribution in [2.45, 2.75) is 111 Å². The third kappa shape index (κ3) is 10.6. The number of anilines is 1. The molecule has 1 saturated carbocycles. The molecule has 370 valence electrons. The van der Waals surface area contributed by atoms with Crippen LogP contribution in [0.25, 0.3) is 10.4 Å². The smallest absolute Gasteiger partial charge is 0.253 e. The number of aryl methyl sites for hydroxylation is 2. The fourth-order valence-electron chi connectivity index (χ4n) is 10.9. The minimum absolute atomic E-state index is 0.0696. The van der Waals surface area contributed by atoms with Crippen molar-refractivity contribution in [2.24, 2.45) is 16.7 Å². The Morgan fingerprint density at radius 3 is 2.36 bits per heavy atom. The van der Waals surface area contributed by atoms with E-state index in [1.165, 1.54) is 4.90 Å². The average molecular weight is 991 g/mol. The van der Waals surface area contributed by atoms with Crippen molar-refractivity contribution in [1.82, 2.24) is 35.6 Å². The number of nitrogens with zero attached hydrogens (tertiary/aromatic N) is 7. The van der Waals surface area contributed by atoms with Crippen molar-refractivity contribution in [1.29, 1.82) is 5.26 Å². The summed E-state index contributed by atoms with van der Waals surface area (Å²) in [5.74, 6) is 0.325. The van der Waals surface area contributed by atoms with Crippen molar-refractivity contribution >= 4 is 46.5 Å². The van der Waals surface area contributed by atoms with Crippen LogP contribution in [0.3, 0.4) is 0 Å². The fraction of sp³-hybridized carbons (Fsp3) is 0.491. The summed E-state index contributed by atoms with van der Waals surface area (Å²) in [5, 5.41) is 31.0. The van der Waals surface area contributed by atoms with Crippen LogP contribution < -0.4 is 20.3 Å². The zero-order chi connectivity index (χ0) is 50.1. The number of likely N-dealkylation sites (tertiary alicyclic amines) is 1. The van der Waals surface area contributed by atoms with Gasteiger partial charge < -0.3 is 34.8 Å². The topological polar surface area (TPSA) is 190 Å². The highest BCUT2D eigenvalue weighted by Crippen LogP contribution is 2.55. The number of hydrogen-bond acceptors (Lipinski definition) is 13. The summed E-state index contributed by atoms with van der Waals surface area (Å²) in [6.45, 7) is 20.4. The minimum atomic E-state index is -0.814. The molecule has 3 aliphatic rings. The summed E-state index contributed by atoms with van der Waals surface area (Å²) < 4.78 is 12.2. The first-order chi connectivity index (χ1) is 33.3. The molecule has 1 aliphatic carbocycles. The van der Waals surface area contributed by atoms with E-state index in [-0.39, 0.29) is 65.6 Å². The minimum Gasteiger partial charge on any atom is -0.489 e. The summed E-state index contributed by atoms with van der Waals surface area (Å²) in [6, 6.07) is 19.5. The summed E-state index contributed by atoms with van der Waals surface area (Å²) in [4.78, 5) is 57.8. The van der Waals surface area contributed by atoms with E-state index in [2.05, 4.69) is 64.3 Å². The van der Waals surface area contributed by atoms with Crippen LogP contribution >= 0.6 is 22.9 Å². The fourth-order valence-corrected chi connectivity index (χ4v) is 11.9. The van der Waals surface area contributed by atoms with E-state index in [9.17, 15) is 24.8 Å². The number of nitriles is 1. The quantitative estimate of drug-likeness (QED) is 0.0866. The second-order valence-corrected chi connectivity index (χ2v) is 21.9. The average Bonchev–Trinajstić information content (AvgIpc) is 4.10. The van der Waals surface area contributed by atoms with Crippen molar-refractivity contribution in [3.05, 3.63) is 111 Å². The molecule has 3 N–H and O–H groups in total. The highest BCUT2D eigenvalue weighted by atomic mass is 35.5. The van der Waals surface area contributed by atoms with Gasteiger partial charge in [-0.1, -0.05) is 82.6 Å². The lowest BCUT2D eigenvalue weighted by atomic mass is 9.49. The molecule has 2 aliphatic heterocycles. The van der Waals surface area contributed by atoms with Crippen molar-refractivity contribution in [3.63, 3.8) is 0 Å². The van der Waals surface area contributed by atoms with Gasteiger partial charge in [0, 0.05) is 74.3 Å². The van der Waals surface area contributed by atoms with E-state index in [4.69, 9.17) is 25.8 Å². The molecule has 0 unspecified atom stereocenters. The van der Waals surface area contributed by atoms with Gasteiger partial charge in [-0.3, -0.25) is 19.3 Å². The number of aliphatic hydroxyl groups excluding tert-OH is 1. The van der Waals surface area contributed by atoms with Crippen molar-refractivity contribution in [2.75, 3.05) is 44.2 Å². The Kier molecular flexibility index (Phi) is 15.0. The molecule has 3 amide bonds. The Labute approximate surface area is 419 Å². The van der Waals surface area contributed by atoms with Gasteiger partial charge in [-0.2, -0.15) is 5.26 Å². The lowest BCUT2D eigenvalue weighted by Gasteiger charge is -2.63. The number of β-amino-alcohol motifs (C(OH)–C–C–N with tert-alkyl or cyclic N) is 1. The molecule has 0 radical (unpaired) electrons. The summed E-state index contributed by atoms with van der Waals surface area (Å²) in [6.07, 6.45) is 2.32. The lowest BCUT2D eigenvalue weighted by Crippen LogP contribution is -2.74. The number of carbonyl (C=O) groups excluding carboxylic acids is 3. The molecule has 4 atom stereocenters. The van der Waals surface area contributed by atoms with E-state index < -0.39 is 18.1 Å². The monoisotopic (exact) mass is 989 g/mol. The summed E-state index contributed by atoms with van der Waals surface area (Å²) >= 11 is 7.85. The van der Waals surface area contributed by atoms with E-state index in [0.29, 0.717) is 34.1 Å². The highest BCUT2D eigenvalue weighted by Gasteiger charge is 2.64. The van der Waals surface area contributed by atoms with Crippen LogP contribution in [-0.2, 0) is 16.0 Å². The molecule has 17 heteroatoms.